The molecule has 0 aliphatic carbocycles. The minimum Gasteiger partial charge on any atom is -0.399 e. The summed E-state index contributed by atoms with van der Waals surface area (Å²) in [7, 11) is 0. The quantitative estimate of drug-likeness (QED) is 0.818. The summed E-state index contributed by atoms with van der Waals surface area (Å²) in [6, 6.07) is 7.78. The number of nitrogens with two attached hydrogens (primary N) is 1. The molecule has 2 aromatic rings. The number of hydrogen-bond donors (Lipinski definition) is 1. The highest BCUT2D eigenvalue weighted by Crippen LogP contribution is 2.11. The van der Waals surface area contributed by atoms with Crippen LogP contribution in [0.5, 0.6) is 0 Å². The molecule has 0 fully saturated rings. The molecule has 0 atom stereocenters. The van der Waals surface area contributed by atoms with Crippen molar-refractivity contribution in [3.05, 3.63) is 52.7 Å². The van der Waals surface area contributed by atoms with E-state index in [1.807, 2.05) is 36.7 Å². The summed E-state index contributed by atoms with van der Waals surface area (Å²) in [6.45, 7) is 3.51. The van der Waals surface area contributed by atoms with Crippen molar-refractivity contribution < 1.29 is 0 Å². The maximum atomic E-state index is 12.0. The van der Waals surface area contributed by atoms with Gasteiger partial charge < -0.3 is 5.73 Å². The molecule has 4 heteroatoms. The summed E-state index contributed by atoms with van der Waals surface area (Å²) in [4.78, 5) is 12.0. The van der Waals surface area contributed by atoms with Gasteiger partial charge in [0.15, 0.2) is 0 Å². The van der Waals surface area contributed by atoms with Crippen LogP contribution in [0.3, 0.4) is 0 Å². The normalized spacial score (nSPS) is 10.7. The van der Waals surface area contributed by atoms with Crippen LogP contribution in [0.15, 0.2) is 41.5 Å². The second-order valence-corrected chi connectivity index (χ2v) is 4.42. The Balaban J connectivity index is 2.07. The van der Waals surface area contributed by atoms with Gasteiger partial charge in [-0.1, -0.05) is 25.1 Å². The van der Waals surface area contributed by atoms with Crippen molar-refractivity contribution >= 4 is 5.69 Å². The first-order valence-corrected chi connectivity index (χ1v) is 6.31. The minimum atomic E-state index is 0.0614. The number of nitrogen functional groups attached to an aromatic ring is 1. The Morgan fingerprint density at radius 1 is 1.11 bits per heavy atom. The maximum absolute atomic E-state index is 12.0. The average Bonchev–Trinajstić information content (AvgIpc) is 2.71. The Morgan fingerprint density at radius 2 is 1.78 bits per heavy atom. The molecule has 0 amide bonds. The Morgan fingerprint density at radius 3 is 2.44 bits per heavy atom. The zero-order chi connectivity index (χ0) is 13.0. The summed E-state index contributed by atoms with van der Waals surface area (Å²) in [6.07, 6.45) is 5.44. The van der Waals surface area contributed by atoms with Gasteiger partial charge in [-0.15, -0.1) is 0 Å². The number of imidazole rings is 1. The van der Waals surface area contributed by atoms with Gasteiger partial charge in [0.1, 0.15) is 0 Å². The number of aromatic nitrogens is 2. The minimum absolute atomic E-state index is 0.0614. The van der Waals surface area contributed by atoms with E-state index in [1.165, 1.54) is 0 Å². The van der Waals surface area contributed by atoms with Crippen molar-refractivity contribution in [1.82, 2.24) is 9.13 Å². The first-order chi connectivity index (χ1) is 8.72. The molecule has 1 aromatic carbocycles. The van der Waals surface area contributed by atoms with E-state index in [4.69, 9.17) is 5.73 Å². The molecular formula is C14H19N3O. The Labute approximate surface area is 107 Å². The largest absolute Gasteiger partial charge is 0.399 e. The maximum Gasteiger partial charge on any atom is 0.328 e. The molecule has 2 N–H and O–H groups in total. The second kappa shape index (κ2) is 5.58. The summed E-state index contributed by atoms with van der Waals surface area (Å²) in [5, 5.41) is 0. The molecule has 0 aliphatic rings. The van der Waals surface area contributed by atoms with Gasteiger partial charge in [-0.3, -0.25) is 9.13 Å². The van der Waals surface area contributed by atoms with Gasteiger partial charge in [0.05, 0.1) is 0 Å². The lowest BCUT2D eigenvalue weighted by Crippen LogP contribution is -2.24. The van der Waals surface area contributed by atoms with Crippen LogP contribution < -0.4 is 11.4 Å². The number of anilines is 1. The molecule has 18 heavy (non-hydrogen) atoms. The molecule has 4 nitrogen and oxygen atoms in total. The summed E-state index contributed by atoms with van der Waals surface area (Å²) in [5.41, 5.74) is 7.83. The molecule has 96 valence electrons. The first kappa shape index (κ1) is 12.5. The molecule has 2 rings (SSSR count). The van der Waals surface area contributed by atoms with Gasteiger partial charge in [-0.05, 0) is 24.5 Å². The van der Waals surface area contributed by atoms with Crippen LogP contribution >= 0.6 is 0 Å². The van der Waals surface area contributed by atoms with Gasteiger partial charge in [0, 0.05) is 31.2 Å². The lowest BCUT2D eigenvalue weighted by atomic mass is 10.1. The third-order valence-corrected chi connectivity index (χ3v) is 3.06. The smallest absolute Gasteiger partial charge is 0.328 e. The third kappa shape index (κ3) is 2.64. The van der Waals surface area contributed by atoms with E-state index >= 15 is 0 Å². The molecule has 0 bridgehead atoms. The van der Waals surface area contributed by atoms with Crippen molar-refractivity contribution in [3.8, 4) is 0 Å². The van der Waals surface area contributed by atoms with E-state index in [0.29, 0.717) is 6.54 Å². The fourth-order valence-electron chi connectivity index (χ4n) is 2.04. The zero-order valence-electron chi connectivity index (χ0n) is 10.7. The highest BCUT2D eigenvalue weighted by Gasteiger charge is 2.03. The van der Waals surface area contributed by atoms with E-state index in [0.717, 1.165) is 30.6 Å². The highest BCUT2D eigenvalue weighted by atomic mass is 16.1. The summed E-state index contributed by atoms with van der Waals surface area (Å²) < 4.78 is 3.48. The van der Waals surface area contributed by atoms with E-state index in [-0.39, 0.29) is 5.69 Å². The van der Waals surface area contributed by atoms with Crippen LogP contribution in [-0.4, -0.2) is 9.13 Å². The Kier molecular flexibility index (Phi) is 3.87. The average molecular weight is 245 g/mol. The molecule has 0 aliphatic heterocycles. The number of para-hydroxylation sites is 1. The standard InChI is InChI=1S/C14H19N3O/c1-2-8-16-10-11-17(14(16)18)9-7-12-5-3-4-6-13(12)15/h3-6,10-11H,2,7-9,15H2,1H3. The van der Waals surface area contributed by atoms with Gasteiger partial charge in [0.25, 0.3) is 0 Å². The molecule has 1 heterocycles. The topological polar surface area (TPSA) is 52.9 Å². The van der Waals surface area contributed by atoms with E-state index < -0.39 is 0 Å². The number of rotatable bonds is 5. The van der Waals surface area contributed by atoms with Crippen LogP contribution in [0.4, 0.5) is 5.69 Å². The lowest BCUT2D eigenvalue weighted by Gasteiger charge is -2.05. The number of benzene rings is 1. The molecular weight excluding hydrogens is 226 g/mol. The molecule has 0 saturated carbocycles. The summed E-state index contributed by atoms with van der Waals surface area (Å²) >= 11 is 0. The van der Waals surface area contributed by atoms with Gasteiger partial charge in [-0.25, -0.2) is 4.79 Å². The van der Waals surface area contributed by atoms with Crippen molar-refractivity contribution in [3.63, 3.8) is 0 Å². The van der Waals surface area contributed by atoms with E-state index in [2.05, 4.69) is 6.92 Å². The fraction of sp³-hybridized carbons (Fsp3) is 0.357. The third-order valence-electron chi connectivity index (χ3n) is 3.06. The molecule has 0 spiro atoms. The predicted molar refractivity (Wildman–Crippen MR) is 73.5 cm³/mol. The number of hydrogen-bond acceptors (Lipinski definition) is 2. The molecule has 1 aromatic heterocycles. The van der Waals surface area contributed by atoms with Gasteiger partial charge in [-0.2, -0.15) is 0 Å². The predicted octanol–water partition coefficient (Wildman–Crippen LogP) is 1.88. The molecule has 0 unspecified atom stereocenters. The SMILES string of the molecule is CCCn1ccn(CCc2ccccc2N)c1=O. The zero-order valence-corrected chi connectivity index (χ0v) is 10.7. The summed E-state index contributed by atoms with van der Waals surface area (Å²) in [5.74, 6) is 0. The Hall–Kier alpha value is -1.97. The van der Waals surface area contributed by atoms with Crippen molar-refractivity contribution in [2.45, 2.75) is 32.9 Å². The van der Waals surface area contributed by atoms with Crippen molar-refractivity contribution in [1.29, 1.82) is 0 Å². The van der Waals surface area contributed by atoms with Crippen molar-refractivity contribution in [2.24, 2.45) is 0 Å². The lowest BCUT2D eigenvalue weighted by molar-refractivity contribution is 0.601. The van der Waals surface area contributed by atoms with Crippen LogP contribution in [-0.2, 0) is 19.5 Å². The molecule has 0 radical (unpaired) electrons. The highest BCUT2D eigenvalue weighted by molar-refractivity contribution is 5.46. The van der Waals surface area contributed by atoms with Crippen LogP contribution in [0, 0.1) is 0 Å². The first-order valence-electron chi connectivity index (χ1n) is 6.31. The monoisotopic (exact) mass is 245 g/mol. The van der Waals surface area contributed by atoms with Crippen LogP contribution in [0.1, 0.15) is 18.9 Å². The van der Waals surface area contributed by atoms with E-state index in [1.54, 1.807) is 9.13 Å². The number of aryl methyl sites for hydroxylation is 3. The van der Waals surface area contributed by atoms with Crippen LogP contribution in [0.25, 0.3) is 0 Å². The number of nitrogens with zero attached hydrogens (tertiary/aromatic N) is 2. The second-order valence-electron chi connectivity index (χ2n) is 4.42. The fourth-order valence-corrected chi connectivity index (χ4v) is 2.04. The van der Waals surface area contributed by atoms with Gasteiger partial charge in [0.2, 0.25) is 0 Å². The van der Waals surface area contributed by atoms with Gasteiger partial charge >= 0.3 is 5.69 Å². The molecule has 0 saturated heterocycles. The van der Waals surface area contributed by atoms with E-state index in [9.17, 15) is 4.79 Å². The Bertz CT molecular complexity index is 568. The van der Waals surface area contributed by atoms with Crippen LogP contribution in [0.2, 0.25) is 0 Å². The van der Waals surface area contributed by atoms with Crippen molar-refractivity contribution in [2.75, 3.05) is 5.73 Å².